The Labute approximate surface area is 90.2 Å². The molecule has 0 aliphatic rings. The predicted molar refractivity (Wildman–Crippen MR) is 60.2 cm³/mol. The molecule has 0 spiro atoms. The van der Waals surface area contributed by atoms with E-state index in [-0.39, 0.29) is 0 Å². The molecular formula is C10H15NO3S. The number of nitrogens with one attached hydrogen (secondary N) is 1. The van der Waals surface area contributed by atoms with Crippen molar-refractivity contribution in [2.75, 3.05) is 4.72 Å². The van der Waals surface area contributed by atoms with Crippen molar-refractivity contribution < 1.29 is 13.0 Å². The van der Waals surface area contributed by atoms with Crippen LogP contribution in [0.5, 0.6) is 0 Å². The molecule has 5 heteroatoms. The molecule has 0 saturated heterocycles. The van der Waals surface area contributed by atoms with Gasteiger partial charge in [-0.1, -0.05) is 25.5 Å². The van der Waals surface area contributed by atoms with Gasteiger partial charge in [-0.2, -0.15) is 8.42 Å². The van der Waals surface area contributed by atoms with Gasteiger partial charge in [0.2, 0.25) is 0 Å². The number of anilines is 1. The van der Waals surface area contributed by atoms with Crippen LogP contribution in [-0.2, 0) is 16.7 Å². The Morgan fingerprint density at radius 3 is 2.33 bits per heavy atom. The van der Waals surface area contributed by atoms with Crippen LogP contribution in [0.25, 0.3) is 0 Å². The SMILES string of the molecule is CCCCc1ccc(NS(=O)(=O)O)cc1. The maximum atomic E-state index is 10.5. The first kappa shape index (κ1) is 12.0. The van der Waals surface area contributed by atoms with Crippen LogP contribution in [0.4, 0.5) is 5.69 Å². The van der Waals surface area contributed by atoms with Crippen molar-refractivity contribution in [1.82, 2.24) is 0 Å². The smallest absolute Gasteiger partial charge is 0.269 e. The Morgan fingerprint density at radius 2 is 1.87 bits per heavy atom. The fourth-order valence-corrected chi connectivity index (χ4v) is 1.70. The molecule has 1 aromatic rings. The summed E-state index contributed by atoms with van der Waals surface area (Å²) in [5, 5.41) is 0. The van der Waals surface area contributed by atoms with Crippen LogP contribution in [0.15, 0.2) is 24.3 Å². The van der Waals surface area contributed by atoms with Crippen LogP contribution >= 0.6 is 0 Å². The molecule has 0 unspecified atom stereocenters. The highest BCUT2D eigenvalue weighted by molar-refractivity contribution is 7.87. The van der Waals surface area contributed by atoms with Gasteiger partial charge in [0.15, 0.2) is 0 Å². The largest absolute Gasteiger partial charge is 0.357 e. The van der Waals surface area contributed by atoms with Crippen LogP contribution in [0.3, 0.4) is 0 Å². The lowest BCUT2D eigenvalue weighted by Crippen LogP contribution is -2.10. The lowest BCUT2D eigenvalue weighted by molar-refractivity contribution is 0.489. The Hall–Kier alpha value is -1.07. The van der Waals surface area contributed by atoms with Crippen molar-refractivity contribution in [1.29, 1.82) is 0 Å². The summed E-state index contributed by atoms with van der Waals surface area (Å²) in [6.45, 7) is 2.12. The summed E-state index contributed by atoms with van der Waals surface area (Å²) in [4.78, 5) is 0. The summed E-state index contributed by atoms with van der Waals surface area (Å²) in [6, 6.07) is 6.98. The quantitative estimate of drug-likeness (QED) is 0.761. The van der Waals surface area contributed by atoms with E-state index in [9.17, 15) is 8.42 Å². The Kier molecular flexibility index (Phi) is 4.11. The number of rotatable bonds is 5. The van der Waals surface area contributed by atoms with Gasteiger partial charge in [0.05, 0.1) is 5.69 Å². The fraction of sp³-hybridized carbons (Fsp3) is 0.400. The Bertz CT molecular complexity index is 397. The first-order chi connectivity index (χ1) is 7.01. The van der Waals surface area contributed by atoms with Gasteiger partial charge in [-0.15, -0.1) is 0 Å². The summed E-state index contributed by atoms with van der Waals surface area (Å²) in [5.74, 6) is 0. The second-order valence-corrected chi connectivity index (χ2v) is 4.53. The van der Waals surface area contributed by atoms with Gasteiger partial charge in [-0.3, -0.25) is 9.27 Å². The first-order valence-corrected chi connectivity index (χ1v) is 6.29. The van der Waals surface area contributed by atoms with Crippen molar-refractivity contribution in [3.63, 3.8) is 0 Å². The van der Waals surface area contributed by atoms with E-state index in [2.05, 4.69) is 6.92 Å². The lowest BCUT2D eigenvalue weighted by Gasteiger charge is -2.04. The molecule has 1 aromatic carbocycles. The predicted octanol–water partition coefficient (Wildman–Crippen LogP) is 2.24. The minimum absolute atomic E-state index is 0.373. The van der Waals surface area contributed by atoms with Gasteiger partial charge >= 0.3 is 10.3 Å². The van der Waals surface area contributed by atoms with Crippen LogP contribution in [-0.4, -0.2) is 13.0 Å². The number of benzene rings is 1. The van der Waals surface area contributed by atoms with Gasteiger partial charge < -0.3 is 0 Å². The highest BCUT2D eigenvalue weighted by Crippen LogP contribution is 2.12. The number of unbranched alkanes of at least 4 members (excludes halogenated alkanes) is 1. The topological polar surface area (TPSA) is 66.4 Å². The van der Waals surface area contributed by atoms with E-state index >= 15 is 0 Å². The zero-order valence-electron chi connectivity index (χ0n) is 8.60. The highest BCUT2D eigenvalue weighted by Gasteiger charge is 2.02. The molecule has 0 aliphatic carbocycles. The van der Waals surface area contributed by atoms with E-state index < -0.39 is 10.3 Å². The zero-order chi connectivity index (χ0) is 11.3. The number of hydrogen-bond acceptors (Lipinski definition) is 2. The standard InChI is InChI=1S/C10H15NO3S/c1-2-3-4-9-5-7-10(8-6-9)11-15(12,13)14/h5-8,11H,2-4H2,1H3,(H,12,13,14). The zero-order valence-corrected chi connectivity index (χ0v) is 9.42. The fourth-order valence-electron chi connectivity index (χ4n) is 1.27. The summed E-state index contributed by atoms with van der Waals surface area (Å²) < 4.78 is 31.5. The molecule has 0 saturated carbocycles. The molecule has 0 amide bonds. The second-order valence-electron chi connectivity index (χ2n) is 3.38. The third-order valence-corrected chi connectivity index (χ3v) is 2.51. The van der Waals surface area contributed by atoms with E-state index in [1.165, 1.54) is 0 Å². The molecule has 15 heavy (non-hydrogen) atoms. The average Bonchev–Trinajstić information content (AvgIpc) is 2.14. The van der Waals surface area contributed by atoms with Crippen LogP contribution in [0.2, 0.25) is 0 Å². The van der Waals surface area contributed by atoms with Crippen LogP contribution < -0.4 is 4.72 Å². The summed E-state index contributed by atoms with van der Waals surface area (Å²) in [7, 11) is -4.16. The number of aryl methyl sites for hydroxylation is 1. The van der Waals surface area contributed by atoms with Gasteiger partial charge in [-0.25, -0.2) is 0 Å². The molecule has 0 heterocycles. The normalized spacial score (nSPS) is 11.3. The Morgan fingerprint density at radius 1 is 1.27 bits per heavy atom. The maximum Gasteiger partial charge on any atom is 0.357 e. The molecule has 0 bridgehead atoms. The molecule has 84 valence electrons. The third-order valence-electron chi connectivity index (χ3n) is 2.02. The highest BCUT2D eigenvalue weighted by atomic mass is 32.2. The minimum Gasteiger partial charge on any atom is -0.269 e. The van der Waals surface area contributed by atoms with Crippen molar-refractivity contribution in [3.8, 4) is 0 Å². The van der Waals surface area contributed by atoms with Gasteiger partial charge in [0.25, 0.3) is 0 Å². The minimum atomic E-state index is -4.16. The van der Waals surface area contributed by atoms with E-state index in [0.717, 1.165) is 24.8 Å². The molecule has 1 rings (SSSR count). The van der Waals surface area contributed by atoms with Gasteiger partial charge in [0.1, 0.15) is 0 Å². The lowest BCUT2D eigenvalue weighted by atomic mass is 10.1. The van der Waals surface area contributed by atoms with E-state index in [0.29, 0.717) is 5.69 Å². The maximum absolute atomic E-state index is 10.5. The van der Waals surface area contributed by atoms with E-state index in [1.54, 1.807) is 12.1 Å². The van der Waals surface area contributed by atoms with Crippen LogP contribution in [0.1, 0.15) is 25.3 Å². The molecule has 4 nitrogen and oxygen atoms in total. The molecule has 0 atom stereocenters. The monoisotopic (exact) mass is 229 g/mol. The Balaban J connectivity index is 2.64. The van der Waals surface area contributed by atoms with Crippen molar-refractivity contribution in [2.45, 2.75) is 26.2 Å². The van der Waals surface area contributed by atoms with Gasteiger partial charge in [-0.05, 0) is 30.5 Å². The van der Waals surface area contributed by atoms with Crippen LogP contribution in [0, 0.1) is 0 Å². The molecule has 0 fully saturated rings. The van der Waals surface area contributed by atoms with E-state index in [4.69, 9.17) is 4.55 Å². The molecule has 0 aromatic heterocycles. The summed E-state index contributed by atoms with van der Waals surface area (Å²) in [6.07, 6.45) is 3.23. The van der Waals surface area contributed by atoms with E-state index in [1.807, 2.05) is 16.9 Å². The van der Waals surface area contributed by atoms with Gasteiger partial charge in [0, 0.05) is 0 Å². The van der Waals surface area contributed by atoms with Crippen molar-refractivity contribution >= 4 is 16.0 Å². The van der Waals surface area contributed by atoms with Crippen molar-refractivity contribution in [2.24, 2.45) is 0 Å². The third kappa shape index (κ3) is 4.80. The average molecular weight is 229 g/mol. The molecule has 2 N–H and O–H groups in total. The molecular weight excluding hydrogens is 214 g/mol. The molecule has 0 radical (unpaired) electrons. The number of hydrogen-bond donors (Lipinski definition) is 2. The first-order valence-electron chi connectivity index (χ1n) is 4.85. The molecule has 0 aliphatic heterocycles. The van der Waals surface area contributed by atoms with Crippen molar-refractivity contribution in [3.05, 3.63) is 29.8 Å². The summed E-state index contributed by atoms with van der Waals surface area (Å²) in [5.41, 5.74) is 1.54. The summed E-state index contributed by atoms with van der Waals surface area (Å²) >= 11 is 0. The second kappa shape index (κ2) is 5.14.